The van der Waals surface area contributed by atoms with E-state index in [1.807, 2.05) is 35.0 Å². The van der Waals surface area contributed by atoms with Gasteiger partial charge in [0.05, 0.1) is 11.4 Å². The van der Waals surface area contributed by atoms with Crippen molar-refractivity contribution in [3.8, 4) is 11.5 Å². The quantitative estimate of drug-likeness (QED) is 0.503. The van der Waals surface area contributed by atoms with Gasteiger partial charge in [-0.05, 0) is 55.5 Å². The molecule has 0 saturated carbocycles. The van der Waals surface area contributed by atoms with E-state index in [0.717, 1.165) is 11.3 Å². The predicted molar refractivity (Wildman–Crippen MR) is 119 cm³/mol. The first-order valence-corrected chi connectivity index (χ1v) is 10.1. The minimum atomic E-state index is -0.550. The zero-order valence-corrected chi connectivity index (χ0v) is 17.2. The topological polar surface area (TPSA) is 94.0 Å². The van der Waals surface area contributed by atoms with Gasteiger partial charge >= 0.3 is 0 Å². The van der Waals surface area contributed by atoms with Crippen molar-refractivity contribution in [3.05, 3.63) is 84.3 Å². The molecule has 2 N–H and O–H groups in total. The Labute approximate surface area is 183 Å². The van der Waals surface area contributed by atoms with Crippen molar-refractivity contribution in [2.45, 2.75) is 19.6 Å². The van der Waals surface area contributed by atoms with Gasteiger partial charge in [-0.1, -0.05) is 12.1 Å². The molecular formula is C24H20N4O4. The maximum Gasteiger partial charge on any atom is 0.265 e. The zero-order chi connectivity index (χ0) is 22.1. The fourth-order valence-corrected chi connectivity index (χ4v) is 3.43. The number of carbonyl (C=O) groups excluding carboxylic acids is 2. The van der Waals surface area contributed by atoms with Crippen LogP contribution in [0.15, 0.2) is 73.1 Å². The molecule has 1 unspecified atom stereocenters. The second kappa shape index (κ2) is 8.07. The molecule has 0 bridgehead atoms. The number of ether oxygens (including phenoxy) is 2. The highest BCUT2D eigenvalue weighted by Crippen LogP contribution is 2.32. The molecule has 1 aliphatic heterocycles. The average molecular weight is 428 g/mol. The normalized spacial score (nSPS) is 14.9. The van der Waals surface area contributed by atoms with Crippen LogP contribution in [0.4, 0.5) is 11.4 Å². The predicted octanol–water partition coefficient (Wildman–Crippen LogP) is 3.89. The molecule has 0 saturated heterocycles. The highest BCUT2D eigenvalue weighted by molar-refractivity contribution is 6.05. The Hall–Kier alpha value is -4.33. The average Bonchev–Trinajstić information content (AvgIpc) is 3.22. The molecule has 2 aromatic carbocycles. The Kier molecular flexibility index (Phi) is 4.95. The summed E-state index contributed by atoms with van der Waals surface area (Å²) in [6, 6.07) is 17.8. The number of benzene rings is 2. The molecule has 0 radical (unpaired) electrons. The van der Waals surface area contributed by atoms with Gasteiger partial charge < -0.3 is 24.5 Å². The van der Waals surface area contributed by atoms with Gasteiger partial charge in [0.1, 0.15) is 23.8 Å². The number of hydrogen-bond acceptors (Lipinski definition) is 5. The van der Waals surface area contributed by atoms with Crippen molar-refractivity contribution in [2.75, 3.05) is 10.6 Å². The largest absolute Gasteiger partial charge is 0.487 e. The lowest BCUT2D eigenvalue weighted by Gasteiger charge is -2.23. The molecule has 2 aromatic heterocycles. The second-order valence-corrected chi connectivity index (χ2v) is 7.43. The molecule has 5 rings (SSSR count). The molecule has 32 heavy (non-hydrogen) atoms. The third-order valence-corrected chi connectivity index (χ3v) is 5.07. The number of imidazole rings is 1. The molecule has 0 spiro atoms. The van der Waals surface area contributed by atoms with Crippen LogP contribution in [0.25, 0.3) is 5.65 Å². The van der Waals surface area contributed by atoms with Crippen LogP contribution in [0.5, 0.6) is 11.5 Å². The lowest BCUT2D eigenvalue weighted by molar-refractivity contribution is -0.122. The number of rotatable bonds is 5. The highest BCUT2D eigenvalue weighted by Gasteiger charge is 2.23. The van der Waals surface area contributed by atoms with E-state index < -0.39 is 6.10 Å². The summed E-state index contributed by atoms with van der Waals surface area (Å²) in [6.07, 6.45) is 3.28. The lowest BCUT2D eigenvalue weighted by atomic mass is 10.1. The van der Waals surface area contributed by atoms with Crippen LogP contribution in [0.1, 0.15) is 23.0 Å². The number of nitrogens with one attached hydrogen (secondary N) is 2. The molecule has 2 amide bonds. The number of aromatic nitrogens is 2. The van der Waals surface area contributed by atoms with Crippen molar-refractivity contribution in [2.24, 2.45) is 0 Å². The summed E-state index contributed by atoms with van der Waals surface area (Å²) >= 11 is 0. The molecule has 8 nitrogen and oxygen atoms in total. The van der Waals surface area contributed by atoms with Gasteiger partial charge in [-0.2, -0.15) is 0 Å². The summed E-state index contributed by atoms with van der Waals surface area (Å²) in [6.45, 7) is 1.97. The van der Waals surface area contributed by atoms with E-state index in [4.69, 9.17) is 9.47 Å². The summed E-state index contributed by atoms with van der Waals surface area (Å²) in [4.78, 5) is 29.1. The smallest absolute Gasteiger partial charge is 0.265 e. The Balaban J connectivity index is 1.26. The van der Waals surface area contributed by atoms with Crippen LogP contribution in [-0.2, 0) is 11.4 Å². The van der Waals surface area contributed by atoms with Crippen molar-refractivity contribution in [3.63, 3.8) is 0 Å². The zero-order valence-electron chi connectivity index (χ0n) is 17.2. The van der Waals surface area contributed by atoms with E-state index in [0.29, 0.717) is 28.4 Å². The molecule has 0 aliphatic carbocycles. The lowest BCUT2D eigenvalue weighted by Crippen LogP contribution is -2.34. The number of nitrogens with zero attached hydrogens (tertiary/aromatic N) is 2. The van der Waals surface area contributed by atoms with Gasteiger partial charge in [0.25, 0.3) is 11.8 Å². The van der Waals surface area contributed by atoms with Crippen LogP contribution < -0.4 is 20.1 Å². The Morgan fingerprint density at radius 1 is 1.19 bits per heavy atom. The molecule has 3 heterocycles. The maximum atomic E-state index is 12.7. The maximum absolute atomic E-state index is 12.7. The van der Waals surface area contributed by atoms with Gasteiger partial charge in [-0.25, -0.2) is 4.98 Å². The minimum absolute atomic E-state index is 0.226. The Bertz CT molecular complexity index is 1300. The fraction of sp³-hybridized carbons (Fsp3) is 0.125. The molecule has 1 aliphatic rings. The van der Waals surface area contributed by atoms with Crippen LogP contribution in [0, 0.1) is 0 Å². The first kappa shape index (κ1) is 19.6. The molecular weight excluding hydrogens is 408 g/mol. The van der Waals surface area contributed by atoms with Gasteiger partial charge in [0.15, 0.2) is 6.10 Å². The standard InChI is InChI=1S/C24H20N4O4/c1-15-23(29)27-20-12-17(8-9-21(20)32-15)26-24(30)16-5-4-6-19(11-16)31-14-18-13-28-10-3-2-7-22(28)25-18/h2-13,15H,14H2,1H3,(H,26,30)(H,27,29). The van der Waals surface area contributed by atoms with E-state index in [1.165, 1.54) is 0 Å². The first-order valence-electron chi connectivity index (χ1n) is 10.1. The minimum Gasteiger partial charge on any atom is -0.487 e. The highest BCUT2D eigenvalue weighted by atomic mass is 16.5. The van der Waals surface area contributed by atoms with Crippen LogP contribution in [0.3, 0.4) is 0 Å². The summed E-state index contributed by atoms with van der Waals surface area (Å²) in [5.74, 6) is 0.614. The summed E-state index contributed by atoms with van der Waals surface area (Å²) in [7, 11) is 0. The number of amides is 2. The summed E-state index contributed by atoms with van der Waals surface area (Å²) < 4.78 is 13.3. The van der Waals surface area contributed by atoms with Gasteiger partial charge in [0, 0.05) is 23.6 Å². The van der Waals surface area contributed by atoms with Gasteiger partial charge in [0.2, 0.25) is 0 Å². The van der Waals surface area contributed by atoms with Crippen molar-refractivity contribution >= 4 is 28.8 Å². The van der Waals surface area contributed by atoms with Gasteiger partial charge in [-0.15, -0.1) is 0 Å². The van der Waals surface area contributed by atoms with Crippen LogP contribution in [0.2, 0.25) is 0 Å². The van der Waals surface area contributed by atoms with E-state index in [-0.39, 0.29) is 18.4 Å². The third kappa shape index (κ3) is 3.98. The fourth-order valence-electron chi connectivity index (χ4n) is 3.43. The SMILES string of the molecule is CC1Oc2ccc(NC(=O)c3cccc(OCc4cn5ccccc5n4)c3)cc2NC1=O. The Morgan fingerprint density at radius 2 is 2.09 bits per heavy atom. The van der Waals surface area contributed by atoms with E-state index in [9.17, 15) is 9.59 Å². The summed E-state index contributed by atoms with van der Waals surface area (Å²) in [5, 5.41) is 5.61. The van der Waals surface area contributed by atoms with Crippen molar-refractivity contribution in [1.82, 2.24) is 9.38 Å². The first-order chi connectivity index (χ1) is 15.5. The van der Waals surface area contributed by atoms with E-state index in [1.54, 1.807) is 49.4 Å². The van der Waals surface area contributed by atoms with Crippen molar-refractivity contribution < 1.29 is 19.1 Å². The number of carbonyl (C=O) groups is 2. The molecule has 4 aromatic rings. The van der Waals surface area contributed by atoms with Gasteiger partial charge in [-0.3, -0.25) is 9.59 Å². The van der Waals surface area contributed by atoms with E-state index >= 15 is 0 Å². The number of pyridine rings is 1. The van der Waals surface area contributed by atoms with Crippen molar-refractivity contribution in [1.29, 1.82) is 0 Å². The molecule has 160 valence electrons. The number of hydrogen-bond donors (Lipinski definition) is 2. The van der Waals surface area contributed by atoms with Crippen LogP contribution >= 0.6 is 0 Å². The monoisotopic (exact) mass is 428 g/mol. The molecule has 8 heteroatoms. The molecule has 0 fully saturated rings. The summed E-state index contributed by atoms with van der Waals surface area (Å²) in [5.41, 5.74) is 3.15. The molecule has 1 atom stereocenters. The third-order valence-electron chi connectivity index (χ3n) is 5.07. The van der Waals surface area contributed by atoms with E-state index in [2.05, 4.69) is 15.6 Å². The number of anilines is 2. The Morgan fingerprint density at radius 3 is 2.97 bits per heavy atom. The number of fused-ring (bicyclic) bond motifs is 2. The second-order valence-electron chi connectivity index (χ2n) is 7.43. The van der Waals surface area contributed by atoms with Crippen LogP contribution in [-0.4, -0.2) is 27.3 Å².